The molecule has 0 saturated heterocycles. The summed E-state index contributed by atoms with van der Waals surface area (Å²) < 4.78 is 17.4. The Bertz CT molecular complexity index is 1560. The van der Waals surface area contributed by atoms with Crippen molar-refractivity contribution in [3.05, 3.63) is 158 Å². The summed E-state index contributed by atoms with van der Waals surface area (Å²) in [5.41, 5.74) is 0. The second-order valence-electron chi connectivity index (χ2n) is 17.7. The molecule has 0 spiro atoms. The van der Waals surface area contributed by atoms with Crippen LogP contribution in [0.25, 0.3) is 0 Å². The Kier molecular flexibility index (Phi) is 55.1. The van der Waals surface area contributed by atoms with Crippen molar-refractivity contribution in [3.63, 3.8) is 0 Å². The minimum absolute atomic E-state index is 0.0338. The van der Waals surface area contributed by atoms with E-state index >= 15 is 0 Å². The first kappa shape index (κ1) is 65.5. The summed E-state index contributed by atoms with van der Waals surface area (Å²) in [6.45, 7) is 7.29. The van der Waals surface area contributed by atoms with Crippen molar-refractivity contribution in [1.82, 2.24) is 0 Å². The topological polar surface area (TPSA) is 61.8 Å². The van der Waals surface area contributed by atoms with Gasteiger partial charge in [-0.3, -0.25) is 9.59 Å². The van der Waals surface area contributed by atoms with Gasteiger partial charge in [-0.2, -0.15) is 0 Å². The molecule has 0 amide bonds. The van der Waals surface area contributed by atoms with Crippen LogP contribution in [-0.4, -0.2) is 37.9 Å². The first-order valence-corrected chi connectivity index (χ1v) is 28.0. The van der Waals surface area contributed by atoms with Gasteiger partial charge in [-0.15, -0.1) is 0 Å². The minimum atomic E-state index is -0.596. The molecule has 0 radical (unpaired) electrons. The highest BCUT2D eigenvalue weighted by Crippen LogP contribution is 2.13. The van der Waals surface area contributed by atoms with Gasteiger partial charge in [0.2, 0.25) is 0 Å². The lowest BCUT2D eigenvalue weighted by Crippen LogP contribution is -2.30. The maximum absolute atomic E-state index is 12.9. The van der Waals surface area contributed by atoms with Crippen LogP contribution in [0.15, 0.2) is 158 Å². The van der Waals surface area contributed by atoms with E-state index in [9.17, 15) is 9.59 Å². The average Bonchev–Trinajstić information content (AvgIpc) is 3.36. The Morgan fingerprint density at radius 3 is 0.957 bits per heavy atom. The molecule has 1 unspecified atom stereocenters. The third kappa shape index (κ3) is 56.1. The standard InChI is InChI=1S/C65H102O5/c1-4-7-10-13-16-19-22-25-28-31-32-33-36-39-42-45-48-51-54-57-60-68-61-63(70-65(67)59-56-53-50-47-44-41-38-35-30-27-24-21-18-15-12-9-6-3)62-69-64(66)58-55-52-49-46-43-40-37-34-29-26-23-20-17-14-11-8-5-2/h7-12,16-21,25-30,32-33,37,39-40,42,48,51,63H,4-6,13-15,22-24,31,34-36,38,41,43-47,49-50,52-62H2,1-3H3/b10-7-,11-8-,12-9-,19-16-,20-17-,21-18-,28-25-,29-26-,30-27-,33-32-,40-37-,42-39-,51-48-. The summed E-state index contributed by atoms with van der Waals surface area (Å²) in [6, 6.07) is 0. The highest BCUT2D eigenvalue weighted by Gasteiger charge is 2.17. The van der Waals surface area contributed by atoms with Crippen LogP contribution in [0, 0.1) is 0 Å². The van der Waals surface area contributed by atoms with Crippen molar-refractivity contribution in [2.24, 2.45) is 0 Å². The maximum atomic E-state index is 12.9. The van der Waals surface area contributed by atoms with Gasteiger partial charge in [0.15, 0.2) is 6.10 Å². The molecule has 0 aliphatic heterocycles. The van der Waals surface area contributed by atoms with Gasteiger partial charge in [0.05, 0.1) is 6.61 Å². The maximum Gasteiger partial charge on any atom is 0.306 e. The summed E-state index contributed by atoms with van der Waals surface area (Å²) >= 11 is 0. The number of unbranched alkanes of at least 4 members (excludes halogenated alkanes) is 12. The van der Waals surface area contributed by atoms with Crippen LogP contribution in [0.1, 0.15) is 213 Å². The molecule has 1 atom stereocenters. The van der Waals surface area contributed by atoms with Crippen molar-refractivity contribution in [3.8, 4) is 0 Å². The Hall–Kier alpha value is -4.48. The van der Waals surface area contributed by atoms with E-state index in [0.717, 1.165) is 154 Å². The van der Waals surface area contributed by atoms with E-state index in [1.54, 1.807) is 0 Å². The molecule has 0 aromatic carbocycles. The van der Waals surface area contributed by atoms with Crippen LogP contribution in [-0.2, 0) is 23.8 Å². The van der Waals surface area contributed by atoms with Crippen molar-refractivity contribution in [2.75, 3.05) is 19.8 Å². The molecule has 0 aromatic rings. The average molecular weight is 964 g/mol. The highest BCUT2D eigenvalue weighted by atomic mass is 16.6. The van der Waals surface area contributed by atoms with Crippen LogP contribution in [0.2, 0.25) is 0 Å². The largest absolute Gasteiger partial charge is 0.462 e. The monoisotopic (exact) mass is 963 g/mol. The van der Waals surface area contributed by atoms with Gasteiger partial charge < -0.3 is 14.2 Å². The normalized spacial score (nSPS) is 13.5. The van der Waals surface area contributed by atoms with Gasteiger partial charge in [0.25, 0.3) is 0 Å². The molecule has 0 saturated carbocycles. The van der Waals surface area contributed by atoms with E-state index in [1.807, 2.05) is 0 Å². The number of ether oxygens (including phenoxy) is 3. The molecule has 0 aliphatic carbocycles. The molecular formula is C65H102O5. The summed E-state index contributed by atoms with van der Waals surface area (Å²) in [4.78, 5) is 25.5. The molecule has 0 bridgehead atoms. The molecule has 5 nitrogen and oxygen atoms in total. The smallest absolute Gasteiger partial charge is 0.306 e. The lowest BCUT2D eigenvalue weighted by Gasteiger charge is -2.18. The van der Waals surface area contributed by atoms with Crippen LogP contribution in [0.3, 0.4) is 0 Å². The fraction of sp³-hybridized carbons (Fsp3) is 0.569. The van der Waals surface area contributed by atoms with Gasteiger partial charge in [0.1, 0.15) is 6.61 Å². The molecule has 0 aliphatic rings. The molecule has 0 heterocycles. The molecule has 0 aromatic heterocycles. The van der Waals surface area contributed by atoms with E-state index in [-0.39, 0.29) is 25.2 Å². The number of carbonyl (C=O) groups is 2. The first-order valence-electron chi connectivity index (χ1n) is 28.0. The third-order valence-electron chi connectivity index (χ3n) is 11.0. The molecule has 5 heteroatoms. The van der Waals surface area contributed by atoms with Crippen molar-refractivity contribution in [1.29, 1.82) is 0 Å². The predicted molar refractivity (Wildman–Crippen MR) is 306 cm³/mol. The Morgan fingerprint density at radius 2 is 0.600 bits per heavy atom. The van der Waals surface area contributed by atoms with Crippen LogP contribution in [0.5, 0.6) is 0 Å². The number of allylic oxidation sites excluding steroid dienone is 26. The quantitative estimate of drug-likeness (QED) is 0.0345. The van der Waals surface area contributed by atoms with Crippen molar-refractivity contribution in [2.45, 2.75) is 219 Å². The Morgan fingerprint density at radius 1 is 0.314 bits per heavy atom. The van der Waals surface area contributed by atoms with Gasteiger partial charge in [-0.05, 0) is 135 Å². The Balaban J connectivity index is 4.49. The zero-order valence-corrected chi connectivity index (χ0v) is 45.0. The third-order valence-corrected chi connectivity index (χ3v) is 11.0. The van der Waals surface area contributed by atoms with E-state index in [2.05, 4.69) is 179 Å². The predicted octanol–water partition coefficient (Wildman–Crippen LogP) is 19.5. The number of esters is 2. The number of hydrogen-bond acceptors (Lipinski definition) is 5. The summed E-state index contributed by atoms with van der Waals surface area (Å²) in [5.74, 6) is -0.480. The summed E-state index contributed by atoms with van der Waals surface area (Å²) in [5, 5.41) is 0. The lowest BCUT2D eigenvalue weighted by molar-refractivity contribution is -0.163. The van der Waals surface area contributed by atoms with E-state index in [1.165, 1.54) is 25.7 Å². The molecule has 0 N–H and O–H groups in total. The minimum Gasteiger partial charge on any atom is -0.462 e. The fourth-order valence-electron chi connectivity index (χ4n) is 7.00. The summed E-state index contributed by atoms with van der Waals surface area (Å²) in [7, 11) is 0. The number of carbonyl (C=O) groups excluding carboxylic acids is 2. The summed E-state index contributed by atoms with van der Waals surface area (Å²) in [6.07, 6.45) is 87.0. The molecule has 392 valence electrons. The molecular weight excluding hydrogens is 861 g/mol. The van der Waals surface area contributed by atoms with Crippen molar-refractivity contribution < 1.29 is 23.8 Å². The van der Waals surface area contributed by atoms with Gasteiger partial charge in [0, 0.05) is 19.4 Å². The number of hydrogen-bond donors (Lipinski definition) is 0. The van der Waals surface area contributed by atoms with Gasteiger partial charge in [-0.1, -0.05) is 224 Å². The van der Waals surface area contributed by atoms with Crippen LogP contribution < -0.4 is 0 Å². The van der Waals surface area contributed by atoms with Crippen LogP contribution >= 0.6 is 0 Å². The van der Waals surface area contributed by atoms with Gasteiger partial charge in [-0.25, -0.2) is 0 Å². The van der Waals surface area contributed by atoms with E-state index in [0.29, 0.717) is 19.4 Å². The zero-order chi connectivity index (χ0) is 50.6. The van der Waals surface area contributed by atoms with Crippen molar-refractivity contribution >= 4 is 11.9 Å². The fourth-order valence-corrected chi connectivity index (χ4v) is 7.00. The number of rotatable bonds is 49. The lowest BCUT2D eigenvalue weighted by atomic mass is 10.1. The SMILES string of the molecule is CC/C=C\C/C=C\C/C=C\C/C=C\C/C=C\C/C=C\CCCOCC(COC(=O)CCCCCC/C=C\C/C=C\C/C=C\C/C=C\CC)OC(=O)CCCCCCCCC/C=C\C/C=C\C/C=C\CC. The van der Waals surface area contributed by atoms with E-state index < -0.39 is 6.10 Å². The van der Waals surface area contributed by atoms with Gasteiger partial charge >= 0.3 is 11.9 Å². The zero-order valence-electron chi connectivity index (χ0n) is 45.0. The second-order valence-corrected chi connectivity index (χ2v) is 17.7. The van der Waals surface area contributed by atoms with E-state index in [4.69, 9.17) is 14.2 Å². The molecule has 0 fully saturated rings. The second kappa shape index (κ2) is 58.8. The molecule has 70 heavy (non-hydrogen) atoms. The van der Waals surface area contributed by atoms with Crippen LogP contribution in [0.4, 0.5) is 0 Å². The molecule has 0 rings (SSSR count). The first-order chi connectivity index (χ1) is 34.6. The Labute approximate surface area is 431 Å². The highest BCUT2D eigenvalue weighted by molar-refractivity contribution is 5.70.